The van der Waals surface area contributed by atoms with Gasteiger partial charge in [0.25, 0.3) is 0 Å². The van der Waals surface area contributed by atoms with E-state index < -0.39 is 5.60 Å². The fourth-order valence-electron chi connectivity index (χ4n) is 5.36. The van der Waals surface area contributed by atoms with E-state index in [-0.39, 0.29) is 5.41 Å². The minimum atomic E-state index is -0.577. The predicted octanol–water partition coefficient (Wildman–Crippen LogP) is 4.71. The van der Waals surface area contributed by atoms with Crippen LogP contribution in [0.4, 0.5) is 0 Å². The maximum atomic E-state index is 11.7. The van der Waals surface area contributed by atoms with Crippen LogP contribution in [0.2, 0.25) is 0 Å². The van der Waals surface area contributed by atoms with Crippen LogP contribution >= 0.6 is 0 Å². The van der Waals surface area contributed by atoms with E-state index in [1.165, 1.54) is 23.1 Å². The third-order valence-corrected chi connectivity index (χ3v) is 6.97. The van der Waals surface area contributed by atoms with Gasteiger partial charge in [0.1, 0.15) is 12.4 Å². The topological polar surface area (TPSA) is 32.7 Å². The maximum absolute atomic E-state index is 11.7. The number of hydrogen-bond acceptors (Lipinski definition) is 3. The van der Waals surface area contributed by atoms with Gasteiger partial charge in [-0.1, -0.05) is 49.2 Å². The van der Waals surface area contributed by atoms with E-state index in [2.05, 4.69) is 49.3 Å². The molecule has 28 heavy (non-hydrogen) atoms. The molecule has 0 aliphatic heterocycles. The largest absolute Gasteiger partial charge is 0.489 e. The molecule has 4 rings (SSSR count). The van der Waals surface area contributed by atoms with E-state index in [9.17, 15) is 5.11 Å². The molecule has 0 spiro atoms. The molecule has 0 aromatic heterocycles. The smallest absolute Gasteiger partial charge is 0.120 e. The van der Waals surface area contributed by atoms with Crippen LogP contribution in [-0.2, 0) is 18.4 Å². The highest BCUT2D eigenvalue weighted by Crippen LogP contribution is 2.55. The zero-order chi connectivity index (χ0) is 19.6. The second-order valence-electron chi connectivity index (χ2n) is 8.97. The fraction of sp³-hybridized carbons (Fsp3) is 0.520. The van der Waals surface area contributed by atoms with E-state index in [1.807, 2.05) is 18.2 Å². The first-order chi connectivity index (χ1) is 13.5. The van der Waals surface area contributed by atoms with Gasteiger partial charge < -0.3 is 14.7 Å². The Morgan fingerprint density at radius 2 is 1.79 bits per heavy atom. The van der Waals surface area contributed by atoms with Crippen LogP contribution in [0.25, 0.3) is 0 Å². The molecule has 1 N–H and O–H groups in total. The highest BCUT2D eigenvalue weighted by molar-refractivity contribution is 5.46. The van der Waals surface area contributed by atoms with Crippen molar-refractivity contribution in [2.45, 2.75) is 62.6 Å². The lowest BCUT2D eigenvalue weighted by molar-refractivity contribution is -0.0887. The Morgan fingerprint density at radius 3 is 2.57 bits per heavy atom. The van der Waals surface area contributed by atoms with Gasteiger partial charge in [-0.3, -0.25) is 0 Å². The first-order valence-corrected chi connectivity index (χ1v) is 10.7. The molecule has 0 amide bonds. The molecule has 1 saturated carbocycles. The summed E-state index contributed by atoms with van der Waals surface area (Å²) in [6.45, 7) is 1.57. The molecule has 2 unspecified atom stereocenters. The molecule has 2 aromatic carbocycles. The molecule has 2 atom stereocenters. The van der Waals surface area contributed by atoms with Crippen molar-refractivity contribution < 1.29 is 9.84 Å². The van der Waals surface area contributed by atoms with Gasteiger partial charge in [0.15, 0.2) is 0 Å². The molecule has 2 aliphatic carbocycles. The molecule has 2 aliphatic rings. The van der Waals surface area contributed by atoms with Crippen molar-refractivity contribution in [3.63, 3.8) is 0 Å². The van der Waals surface area contributed by atoms with Crippen LogP contribution in [0.5, 0.6) is 5.75 Å². The van der Waals surface area contributed by atoms with Gasteiger partial charge in [-0.15, -0.1) is 0 Å². The molecule has 1 fully saturated rings. The van der Waals surface area contributed by atoms with Crippen LogP contribution in [0.3, 0.4) is 0 Å². The molecular weight excluding hydrogens is 346 g/mol. The zero-order valence-corrected chi connectivity index (χ0v) is 17.3. The van der Waals surface area contributed by atoms with Gasteiger partial charge >= 0.3 is 0 Å². The van der Waals surface area contributed by atoms with Crippen LogP contribution in [0, 0.1) is 0 Å². The Balaban J connectivity index is 1.66. The van der Waals surface area contributed by atoms with E-state index in [1.54, 1.807) is 0 Å². The summed E-state index contributed by atoms with van der Waals surface area (Å²) < 4.78 is 6.15. The number of ether oxygens (including phenoxy) is 1. The summed E-state index contributed by atoms with van der Waals surface area (Å²) in [4.78, 5) is 2.24. The van der Waals surface area contributed by atoms with Crippen molar-refractivity contribution in [3.05, 3.63) is 65.2 Å². The van der Waals surface area contributed by atoms with Crippen LogP contribution in [0.15, 0.2) is 48.5 Å². The molecule has 3 nitrogen and oxygen atoms in total. The molecular formula is C25H33NO2. The van der Waals surface area contributed by atoms with Gasteiger partial charge in [0.2, 0.25) is 0 Å². The lowest BCUT2D eigenvalue weighted by atomic mass is 9.53. The summed E-state index contributed by atoms with van der Waals surface area (Å²) in [7, 11) is 4.25. The Morgan fingerprint density at radius 1 is 1.00 bits per heavy atom. The first-order valence-electron chi connectivity index (χ1n) is 10.7. The van der Waals surface area contributed by atoms with Crippen molar-refractivity contribution >= 4 is 0 Å². The molecule has 3 heteroatoms. The highest BCUT2D eigenvalue weighted by Gasteiger charge is 2.54. The molecule has 0 bridgehead atoms. The summed E-state index contributed by atoms with van der Waals surface area (Å²) in [5.74, 6) is 0.918. The number of aliphatic hydroxyl groups is 1. The maximum Gasteiger partial charge on any atom is 0.120 e. The number of benzene rings is 2. The van der Waals surface area contributed by atoms with Gasteiger partial charge in [-0.2, -0.15) is 0 Å². The predicted molar refractivity (Wildman–Crippen MR) is 114 cm³/mol. The third kappa shape index (κ3) is 3.58. The Labute approximate surface area is 169 Å². The van der Waals surface area contributed by atoms with Gasteiger partial charge in [0, 0.05) is 5.41 Å². The number of nitrogens with zero attached hydrogens (tertiary/aromatic N) is 1. The zero-order valence-electron chi connectivity index (χ0n) is 17.3. The quantitative estimate of drug-likeness (QED) is 0.789. The van der Waals surface area contributed by atoms with Crippen molar-refractivity contribution in [1.82, 2.24) is 4.90 Å². The monoisotopic (exact) mass is 379 g/mol. The average molecular weight is 380 g/mol. The minimum absolute atomic E-state index is 0.144. The van der Waals surface area contributed by atoms with E-state index in [0.717, 1.165) is 50.8 Å². The van der Waals surface area contributed by atoms with Crippen LogP contribution < -0.4 is 4.74 Å². The Hall–Kier alpha value is -1.84. The molecule has 0 heterocycles. The lowest BCUT2D eigenvalue weighted by Crippen LogP contribution is -2.57. The molecule has 0 saturated heterocycles. The summed E-state index contributed by atoms with van der Waals surface area (Å²) in [6.07, 6.45) is 7.20. The third-order valence-electron chi connectivity index (χ3n) is 6.97. The normalized spacial score (nSPS) is 26.6. The second kappa shape index (κ2) is 7.88. The van der Waals surface area contributed by atoms with Crippen LogP contribution in [-0.4, -0.2) is 36.2 Å². The van der Waals surface area contributed by atoms with E-state index in [0.29, 0.717) is 6.61 Å². The fourth-order valence-corrected chi connectivity index (χ4v) is 5.36. The van der Waals surface area contributed by atoms with E-state index in [4.69, 9.17) is 4.74 Å². The molecule has 150 valence electrons. The number of fused-ring (bicyclic) bond motifs is 3. The molecule has 2 aromatic rings. The Bertz CT molecular complexity index is 803. The standard InChI is InChI=1S/C25H33NO2/c1-26(2)17-16-24-13-6-7-14-25(24,27)15-12-21-10-11-22(18-23(21)24)28-19-20-8-4-3-5-9-20/h3-5,8-11,18,27H,6-7,12-17,19H2,1-2H3. The summed E-state index contributed by atoms with van der Waals surface area (Å²) in [5, 5.41) is 11.7. The Kier molecular flexibility index (Phi) is 5.48. The first kappa shape index (κ1) is 19.5. The van der Waals surface area contributed by atoms with Gasteiger partial charge in [-0.25, -0.2) is 0 Å². The average Bonchev–Trinajstić information content (AvgIpc) is 2.71. The van der Waals surface area contributed by atoms with E-state index >= 15 is 0 Å². The highest BCUT2D eigenvalue weighted by atomic mass is 16.5. The number of aryl methyl sites for hydroxylation is 1. The number of hydrogen-bond donors (Lipinski definition) is 1. The van der Waals surface area contributed by atoms with Crippen molar-refractivity contribution in [3.8, 4) is 5.75 Å². The minimum Gasteiger partial charge on any atom is -0.489 e. The summed E-state index contributed by atoms with van der Waals surface area (Å²) in [6, 6.07) is 16.9. The van der Waals surface area contributed by atoms with Gasteiger partial charge in [-0.05, 0) is 81.6 Å². The lowest BCUT2D eigenvalue weighted by Gasteiger charge is -2.55. The summed E-state index contributed by atoms with van der Waals surface area (Å²) in [5.41, 5.74) is 3.20. The van der Waals surface area contributed by atoms with Crippen molar-refractivity contribution in [2.75, 3.05) is 20.6 Å². The van der Waals surface area contributed by atoms with Crippen molar-refractivity contribution in [2.24, 2.45) is 0 Å². The SMILES string of the molecule is CN(C)CCC12CCCCC1(O)CCc1ccc(OCc3ccccc3)cc12. The second-order valence-corrected chi connectivity index (χ2v) is 8.97. The number of rotatable bonds is 6. The van der Waals surface area contributed by atoms with Crippen molar-refractivity contribution in [1.29, 1.82) is 0 Å². The molecule has 0 radical (unpaired) electrons. The summed E-state index contributed by atoms with van der Waals surface area (Å²) >= 11 is 0. The van der Waals surface area contributed by atoms with Crippen LogP contribution in [0.1, 0.15) is 55.2 Å². The van der Waals surface area contributed by atoms with Gasteiger partial charge in [0.05, 0.1) is 5.60 Å².